The lowest BCUT2D eigenvalue weighted by atomic mass is 10.1. The van der Waals surface area contributed by atoms with Gasteiger partial charge in [0.05, 0.1) is 11.3 Å². The number of carbonyl (C=O) groups excluding carboxylic acids is 1. The van der Waals surface area contributed by atoms with Crippen LogP contribution in [0.15, 0.2) is 28.9 Å². The molecule has 206 valence electrons. The number of rotatable bonds is 8. The minimum Gasteiger partial charge on any atom is -0.431 e. The normalized spacial score (nSPS) is 18.0. The van der Waals surface area contributed by atoms with Crippen LogP contribution in [0.25, 0.3) is 0 Å². The van der Waals surface area contributed by atoms with Gasteiger partial charge in [-0.2, -0.15) is 30.9 Å². The Hall–Kier alpha value is -2.69. The Morgan fingerprint density at radius 3 is 2.57 bits per heavy atom. The summed E-state index contributed by atoms with van der Waals surface area (Å²) in [6.07, 6.45) is -2.59. The predicted molar refractivity (Wildman–Crippen MR) is 129 cm³/mol. The number of nitrogens with one attached hydrogen (secondary N) is 2. The Labute approximate surface area is 213 Å². The number of hydrogen-bond acceptors (Lipinski definition) is 8. The van der Waals surface area contributed by atoms with Crippen molar-refractivity contribution in [2.24, 2.45) is 0 Å². The number of nitrogens with zero attached hydrogens (tertiary/aromatic N) is 3. The molecule has 0 bridgehead atoms. The topological polar surface area (TPSA) is 142 Å². The van der Waals surface area contributed by atoms with Crippen LogP contribution in [0.1, 0.15) is 47.8 Å². The van der Waals surface area contributed by atoms with Crippen molar-refractivity contribution in [3.05, 3.63) is 41.3 Å². The van der Waals surface area contributed by atoms with Crippen LogP contribution in [0.2, 0.25) is 0 Å². The molecule has 0 aliphatic carbocycles. The summed E-state index contributed by atoms with van der Waals surface area (Å²) in [5.74, 6) is -1.16. The van der Waals surface area contributed by atoms with E-state index in [0.717, 1.165) is 22.7 Å². The first-order chi connectivity index (χ1) is 17.1. The average molecular weight is 568 g/mol. The molecule has 0 saturated carbocycles. The Morgan fingerprint density at radius 1 is 1.22 bits per heavy atom. The lowest BCUT2D eigenvalue weighted by molar-refractivity contribution is -0.137. The average Bonchev–Trinajstić information content (AvgIpc) is 3.13. The maximum atomic E-state index is 13.0. The number of sulfonamides is 1. The molecule has 1 fully saturated rings. The fourth-order valence-electron chi connectivity index (χ4n) is 3.80. The highest BCUT2D eigenvalue weighted by atomic mass is 32.2. The smallest absolute Gasteiger partial charge is 0.416 e. The van der Waals surface area contributed by atoms with Crippen molar-refractivity contribution >= 4 is 37.8 Å². The van der Waals surface area contributed by atoms with Crippen LogP contribution >= 0.6 is 0 Å². The molecule has 1 amide bonds. The van der Waals surface area contributed by atoms with Gasteiger partial charge in [-0.3, -0.25) is 4.79 Å². The maximum Gasteiger partial charge on any atom is 0.416 e. The summed E-state index contributed by atoms with van der Waals surface area (Å²) in [5.41, 5.74) is -0.798. The van der Waals surface area contributed by atoms with Gasteiger partial charge in [0.25, 0.3) is 11.9 Å². The highest BCUT2D eigenvalue weighted by Gasteiger charge is 2.33. The number of aryl methyl sites for hydroxylation is 1. The first-order valence-corrected chi connectivity index (χ1v) is 14.4. The van der Waals surface area contributed by atoms with E-state index in [1.165, 1.54) is 24.3 Å². The molecular weight excluding hydrogens is 539 g/mol. The number of carbonyl (C=O) groups is 1. The third-order valence-corrected chi connectivity index (χ3v) is 9.47. The molecule has 2 aromatic rings. The predicted octanol–water partition coefficient (Wildman–Crippen LogP) is 2.86. The minimum absolute atomic E-state index is 0.00268. The van der Waals surface area contributed by atoms with E-state index in [1.807, 2.05) is 4.72 Å². The second-order valence-electron chi connectivity index (χ2n) is 8.53. The van der Waals surface area contributed by atoms with Crippen molar-refractivity contribution in [2.75, 3.05) is 31.2 Å². The molecule has 1 aliphatic heterocycles. The van der Waals surface area contributed by atoms with Crippen molar-refractivity contribution < 1.29 is 39.2 Å². The standard InChI is InChI=1S/C21H28F3N5O6S2/c1-4-36(31,32)28(3)16-6-5-10-29(11-9-16)37(33,34)27-19(30)18-13-35-20(26-18)25-17-12-15(21(22,23)24)8-7-14(17)2/h7-8,12-13,16H,4-6,9-11H2,1-3H3,(H,25,26)(H,27,30). The summed E-state index contributed by atoms with van der Waals surface area (Å²) in [4.78, 5) is 16.4. The Kier molecular flexibility index (Phi) is 8.56. The quantitative estimate of drug-likeness (QED) is 0.496. The molecular formula is C21H28F3N5O6S2. The maximum absolute atomic E-state index is 13.0. The number of benzene rings is 1. The van der Waals surface area contributed by atoms with E-state index in [0.29, 0.717) is 18.4 Å². The second kappa shape index (κ2) is 11.0. The first-order valence-electron chi connectivity index (χ1n) is 11.3. The van der Waals surface area contributed by atoms with Gasteiger partial charge < -0.3 is 9.73 Å². The van der Waals surface area contributed by atoms with E-state index in [1.54, 1.807) is 6.92 Å². The van der Waals surface area contributed by atoms with Crippen LogP contribution in [-0.2, 0) is 26.4 Å². The summed E-state index contributed by atoms with van der Waals surface area (Å²) in [6, 6.07) is 2.37. The highest BCUT2D eigenvalue weighted by Crippen LogP contribution is 2.33. The Bertz CT molecular complexity index is 1340. The largest absolute Gasteiger partial charge is 0.431 e. The first kappa shape index (κ1) is 28.9. The zero-order chi connectivity index (χ0) is 27.6. The summed E-state index contributed by atoms with van der Waals surface area (Å²) < 4.78 is 98.3. The SMILES string of the molecule is CCS(=O)(=O)N(C)C1CCCN(S(=O)(=O)NC(=O)c2coc(Nc3cc(C(F)(F)F)ccc3C)n2)CC1. The number of oxazole rings is 1. The number of halogens is 3. The van der Waals surface area contributed by atoms with Gasteiger partial charge in [-0.05, 0) is 50.8 Å². The number of alkyl halides is 3. The molecule has 2 N–H and O–H groups in total. The Morgan fingerprint density at radius 2 is 1.92 bits per heavy atom. The highest BCUT2D eigenvalue weighted by molar-refractivity contribution is 7.89. The lowest BCUT2D eigenvalue weighted by Crippen LogP contribution is -2.44. The summed E-state index contributed by atoms with van der Waals surface area (Å²) >= 11 is 0. The molecule has 2 heterocycles. The molecule has 1 atom stereocenters. The molecule has 1 aliphatic rings. The molecule has 1 unspecified atom stereocenters. The molecule has 3 rings (SSSR count). The van der Waals surface area contributed by atoms with Crippen LogP contribution in [0.5, 0.6) is 0 Å². The van der Waals surface area contributed by atoms with Crippen molar-refractivity contribution in [1.29, 1.82) is 0 Å². The monoisotopic (exact) mass is 567 g/mol. The van der Waals surface area contributed by atoms with Crippen molar-refractivity contribution in [2.45, 2.75) is 45.3 Å². The van der Waals surface area contributed by atoms with Crippen LogP contribution < -0.4 is 10.0 Å². The number of anilines is 2. The van der Waals surface area contributed by atoms with Crippen LogP contribution in [0.4, 0.5) is 24.9 Å². The molecule has 1 aromatic carbocycles. The van der Waals surface area contributed by atoms with Gasteiger partial charge in [0.2, 0.25) is 10.0 Å². The van der Waals surface area contributed by atoms with Crippen LogP contribution in [0, 0.1) is 6.92 Å². The zero-order valence-corrected chi connectivity index (χ0v) is 22.0. The van der Waals surface area contributed by atoms with E-state index < -0.39 is 43.6 Å². The summed E-state index contributed by atoms with van der Waals surface area (Å²) in [7, 11) is -6.26. The fourth-order valence-corrected chi connectivity index (χ4v) is 6.06. The van der Waals surface area contributed by atoms with Gasteiger partial charge in [-0.1, -0.05) is 6.07 Å². The third-order valence-electron chi connectivity index (χ3n) is 6.08. The third kappa shape index (κ3) is 7.00. The number of aromatic nitrogens is 1. The van der Waals surface area contributed by atoms with Gasteiger partial charge in [0.1, 0.15) is 6.26 Å². The molecule has 37 heavy (non-hydrogen) atoms. The van der Waals surface area contributed by atoms with E-state index in [9.17, 15) is 34.8 Å². The molecule has 1 aromatic heterocycles. The van der Waals surface area contributed by atoms with Crippen molar-refractivity contribution in [3.8, 4) is 0 Å². The van der Waals surface area contributed by atoms with Crippen molar-refractivity contribution in [3.63, 3.8) is 0 Å². The molecule has 11 nitrogen and oxygen atoms in total. The minimum atomic E-state index is -4.56. The van der Waals surface area contributed by atoms with Gasteiger partial charge >= 0.3 is 16.4 Å². The van der Waals surface area contributed by atoms with Gasteiger partial charge in [-0.15, -0.1) is 0 Å². The van der Waals surface area contributed by atoms with Crippen molar-refractivity contribution in [1.82, 2.24) is 18.3 Å². The van der Waals surface area contributed by atoms with Crippen LogP contribution in [0.3, 0.4) is 0 Å². The lowest BCUT2D eigenvalue weighted by Gasteiger charge is -2.26. The fraction of sp³-hybridized carbons (Fsp3) is 0.524. The molecule has 0 spiro atoms. The van der Waals surface area contributed by atoms with Gasteiger partial charge in [-0.25, -0.2) is 17.4 Å². The molecule has 16 heteroatoms. The van der Waals surface area contributed by atoms with Gasteiger partial charge in [0.15, 0.2) is 5.69 Å². The van der Waals surface area contributed by atoms with E-state index >= 15 is 0 Å². The van der Waals surface area contributed by atoms with E-state index in [4.69, 9.17) is 4.42 Å². The van der Waals surface area contributed by atoms with E-state index in [2.05, 4.69) is 10.3 Å². The summed E-state index contributed by atoms with van der Waals surface area (Å²) in [6.45, 7) is 3.17. The molecule has 0 radical (unpaired) electrons. The number of amides is 1. The van der Waals surface area contributed by atoms with Crippen LogP contribution in [-0.4, -0.2) is 68.3 Å². The Balaban J connectivity index is 1.66. The van der Waals surface area contributed by atoms with Gasteiger partial charge in [0, 0.05) is 31.9 Å². The summed E-state index contributed by atoms with van der Waals surface area (Å²) in [5, 5.41) is 2.56. The number of hydrogen-bond donors (Lipinski definition) is 2. The molecule has 1 saturated heterocycles. The van der Waals surface area contributed by atoms with E-state index in [-0.39, 0.29) is 43.0 Å². The zero-order valence-electron chi connectivity index (χ0n) is 20.4. The second-order valence-corrected chi connectivity index (χ2v) is 12.5.